The quantitative estimate of drug-likeness (QED) is 0.668. The Morgan fingerprint density at radius 1 is 1.23 bits per heavy atom. The van der Waals surface area contributed by atoms with E-state index >= 15 is 0 Å². The zero-order valence-electron chi connectivity index (χ0n) is 17.3. The lowest BCUT2D eigenvalue weighted by molar-refractivity contribution is -0.141. The number of ether oxygens (including phenoxy) is 1. The first-order valence-corrected chi connectivity index (χ1v) is 10.3. The van der Waals surface area contributed by atoms with Gasteiger partial charge >= 0.3 is 0 Å². The lowest BCUT2D eigenvalue weighted by Gasteiger charge is -2.35. The van der Waals surface area contributed by atoms with Crippen molar-refractivity contribution in [2.24, 2.45) is 5.92 Å². The molecule has 0 radical (unpaired) electrons. The number of halogens is 1. The maximum Gasteiger partial charge on any atom is 0.227 e. The van der Waals surface area contributed by atoms with E-state index in [1.807, 2.05) is 18.2 Å². The van der Waals surface area contributed by atoms with Crippen molar-refractivity contribution in [1.29, 1.82) is 0 Å². The number of amides is 2. The fraction of sp³-hybridized carbons (Fsp3) is 0.435. The summed E-state index contributed by atoms with van der Waals surface area (Å²) in [6.07, 6.45) is 3.46. The number of pyridine rings is 1. The Morgan fingerprint density at radius 2 is 2.03 bits per heavy atom. The Kier molecular flexibility index (Phi) is 7.90. The molecule has 7 heteroatoms. The monoisotopic (exact) mass is 413 g/mol. The maximum absolute atomic E-state index is 13.2. The molecule has 0 bridgehead atoms. The molecular weight excluding hydrogens is 385 g/mol. The van der Waals surface area contributed by atoms with Crippen LogP contribution in [0.5, 0.6) is 0 Å². The molecule has 1 fully saturated rings. The van der Waals surface area contributed by atoms with Gasteiger partial charge in [0.1, 0.15) is 5.82 Å². The summed E-state index contributed by atoms with van der Waals surface area (Å²) in [6, 6.07) is 11.6. The molecule has 0 N–H and O–H groups in total. The van der Waals surface area contributed by atoms with E-state index in [-0.39, 0.29) is 30.0 Å². The van der Waals surface area contributed by atoms with Gasteiger partial charge in [-0.15, -0.1) is 0 Å². The Balaban J connectivity index is 1.63. The van der Waals surface area contributed by atoms with Crippen LogP contribution >= 0.6 is 0 Å². The second-order valence-corrected chi connectivity index (χ2v) is 7.56. The van der Waals surface area contributed by atoms with E-state index in [0.29, 0.717) is 32.8 Å². The summed E-state index contributed by atoms with van der Waals surface area (Å²) in [6.45, 7) is 2.39. The zero-order valence-corrected chi connectivity index (χ0v) is 17.3. The van der Waals surface area contributed by atoms with Crippen molar-refractivity contribution in [2.45, 2.75) is 25.8 Å². The van der Waals surface area contributed by atoms with Crippen molar-refractivity contribution in [3.8, 4) is 0 Å². The van der Waals surface area contributed by atoms with Gasteiger partial charge in [-0.2, -0.15) is 0 Å². The van der Waals surface area contributed by atoms with Gasteiger partial charge < -0.3 is 14.5 Å². The van der Waals surface area contributed by atoms with Crippen molar-refractivity contribution >= 4 is 11.8 Å². The van der Waals surface area contributed by atoms with Gasteiger partial charge in [-0.3, -0.25) is 14.6 Å². The van der Waals surface area contributed by atoms with E-state index in [2.05, 4.69) is 4.98 Å². The van der Waals surface area contributed by atoms with Crippen LogP contribution in [-0.2, 0) is 27.3 Å². The van der Waals surface area contributed by atoms with Crippen LogP contribution in [0.3, 0.4) is 0 Å². The minimum Gasteiger partial charge on any atom is -0.383 e. The number of carbonyl (C=O) groups is 2. The molecule has 30 heavy (non-hydrogen) atoms. The number of rotatable bonds is 8. The Labute approximate surface area is 176 Å². The Hall–Kier alpha value is -2.80. The standard InChI is InChI=1S/C23H28FN3O3/c1-30-14-13-27(17-21-6-2-3-11-25-21)23(29)19-5-4-12-26(16-19)22(28)15-18-7-9-20(24)10-8-18/h2-3,6-11,19H,4-5,12-17H2,1H3. The molecule has 1 unspecified atom stereocenters. The van der Waals surface area contributed by atoms with Crippen molar-refractivity contribution in [3.63, 3.8) is 0 Å². The van der Waals surface area contributed by atoms with E-state index < -0.39 is 0 Å². The summed E-state index contributed by atoms with van der Waals surface area (Å²) < 4.78 is 18.3. The van der Waals surface area contributed by atoms with E-state index in [1.165, 1.54) is 12.1 Å². The lowest BCUT2D eigenvalue weighted by Crippen LogP contribution is -2.47. The molecule has 160 valence electrons. The van der Waals surface area contributed by atoms with Gasteiger partial charge in [0.15, 0.2) is 0 Å². The zero-order chi connectivity index (χ0) is 21.3. The first-order chi connectivity index (χ1) is 14.6. The highest BCUT2D eigenvalue weighted by Crippen LogP contribution is 2.21. The minimum absolute atomic E-state index is 0.0250. The summed E-state index contributed by atoms with van der Waals surface area (Å²) in [7, 11) is 1.61. The van der Waals surface area contributed by atoms with Crippen LogP contribution < -0.4 is 0 Å². The molecule has 1 aromatic carbocycles. The molecule has 2 amide bonds. The molecular formula is C23H28FN3O3. The topological polar surface area (TPSA) is 62.7 Å². The number of aromatic nitrogens is 1. The maximum atomic E-state index is 13.2. The predicted octanol–water partition coefficient (Wildman–Crippen LogP) is 2.68. The number of methoxy groups -OCH3 is 1. The lowest BCUT2D eigenvalue weighted by atomic mass is 9.95. The van der Waals surface area contributed by atoms with Crippen LogP contribution in [-0.4, -0.2) is 59.9 Å². The van der Waals surface area contributed by atoms with E-state index in [0.717, 1.165) is 24.1 Å². The summed E-state index contributed by atoms with van der Waals surface area (Å²) in [5.74, 6) is -0.570. The number of hydrogen-bond donors (Lipinski definition) is 0. The van der Waals surface area contributed by atoms with Crippen molar-refractivity contribution in [3.05, 3.63) is 65.7 Å². The molecule has 1 aliphatic rings. The smallest absolute Gasteiger partial charge is 0.227 e. The molecule has 3 rings (SSSR count). The first-order valence-electron chi connectivity index (χ1n) is 10.3. The van der Waals surface area contributed by atoms with E-state index in [1.54, 1.807) is 35.2 Å². The molecule has 1 saturated heterocycles. The van der Waals surface area contributed by atoms with Gasteiger partial charge in [-0.05, 0) is 42.7 Å². The average Bonchev–Trinajstić information content (AvgIpc) is 2.78. The van der Waals surface area contributed by atoms with E-state index in [9.17, 15) is 14.0 Å². The summed E-state index contributed by atoms with van der Waals surface area (Å²) >= 11 is 0. The van der Waals surface area contributed by atoms with Crippen molar-refractivity contribution < 1.29 is 18.7 Å². The van der Waals surface area contributed by atoms with Gasteiger partial charge in [-0.1, -0.05) is 18.2 Å². The van der Waals surface area contributed by atoms with Gasteiger partial charge in [0, 0.05) is 32.9 Å². The number of nitrogens with zero attached hydrogens (tertiary/aromatic N) is 3. The van der Waals surface area contributed by atoms with Gasteiger partial charge in [0.05, 0.1) is 31.2 Å². The largest absolute Gasteiger partial charge is 0.383 e. The highest BCUT2D eigenvalue weighted by molar-refractivity contribution is 5.82. The van der Waals surface area contributed by atoms with Crippen LogP contribution in [0.15, 0.2) is 48.7 Å². The minimum atomic E-state index is -0.320. The number of likely N-dealkylation sites (tertiary alicyclic amines) is 1. The second-order valence-electron chi connectivity index (χ2n) is 7.56. The van der Waals surface area contributed by atoms with Crippen LogP contribution in [0.4, 0.5) is 4.39 Å². The van der Waals surface area contributed by atoms with Crippen LogP contribution in [0.1, 0.15) is 24.1 Å². The number of piperidine rings is 1. The average molecular weight is 413 g/mol. The summed E-state index contributed by atoms with van der Waals surface area (Å²) in [5, 5.41) is 0. The second kappa shape index (κ2) is 10.8. The van der Waals surface area contributed by atoms with Crippen LogP contribution in [0, 0.1) is 11.7 Å². The molecule has 1 aliphatic heterocycles. The molecule has 2 heterocycles. The fourth-order valence-corrected chi connectivity index (χ4v) is 3.71. The van der Waals surface area contributed by atoms with Crippen molar-refractivity contribution in [2.75, 3.05) is 33.4 Å². The van der Waals surface area contributed by atoms with Gasteiger partial charge in [0.25, 0.3) is 0 Å². The van der Waals surface area contributed by atoms with E-state index in [4.69, 9.17) is 4.74 Å². The first kappa shape index (κ1) is 21.9. The third-order valence-corrected chi connectivity index (χ3v) is 5.35. The Bertz CT molecular complexity index is 829. The van der Waals surface area contributed by atoms with Crippen LogP contribution in [0.2, 0.25) is 0 Å². The number of carbonyl (C=O) groups excluding carboxylic acids is 2. The van der Waals surface area contributed by atoms with Gasteiger partial charge in [0.2, 0.25) is 11.8 Å². The predicted molar refractivity (Wildman–Crippen MR) is 111 cm³/mol. The third kappa shape index (κ3) is 6.10. The number of hydrogen-bond acceptors (Lipinski definition) is 4. The van der Waals surface area contributed by atoms with Gasteiger partial charge in [-0.25, -0.2) is 4.39 Å². The summed E-state index contributed by atoms with van der Waals surface area (Å²) in [5.41, 5.74) is 1.59. The normalized spacial score (nSPS) is 16.3. The molecule has 1 aromatic heterocycles. The number of benzene rings is 1. The third-order valence-electron chi connectivity index (χ3n) is 5.35. The fourth-order valence-electron chi connectivity index (χ4n) is 3.71. The highest BCUT2D eigenvalue weighted by atomic mass is 19.1. The molecule has 2 aromatic rings. The molecule has 0 spiro atoms. The molecule has 0 saturated carbocycles. The highest BCUT2D eigenvalue weighted by Gasteiger charge is 2.31. The SMILES string of the molecule is COCCN(Cc1ccccn1)C(=O)C1CCCN(C(=O)Cc2ccc(F)cc2)C1. The van der Waals surface area contributed by atoms with Crippen LogP contribution in [0.25, 0.3) is 0 Å². The molecule has 0 aliphatic carbocycles. The molecule has 6 nitrogen and oxygen atoms in total. The van der Waals surface area contributed by atoms with Crippen molar-refractivity contribution in [1.82, 2.24) is 14.8 Å². The molecule has 1 atom stereocenters. The Morgan fingerprint density at radius 3 is 2.73 bits per heavy atom. The summed E-state index contributed by atoms with van der Waals surface area (Å²) in [4.78, 5) is 33.8.